The van der Waals surface area contributed by atoms with E-state index in [2.05, 4.69) is 16.9 Å². The SMILES string of the molecule is CCCC(N)CCc1cnccn1. The van der Waals surface area contributed by atoms with Gasteiger partial charge in [-0.15, -0.1) is 0 Å². The van der Waals surface area contributed by atoms with Gasteiger partial charge >= 0.3 is 0 Å². The number of rotatable bonds is 5. The standard InChI is InChI=1S/C10H17N3/c1-2-3-9(11)4-5-10-8-12-6-7-13-10/h6-9H,2-5,11H2,1H3. The van der Waals surface area contributed by atoms with Crippen molar-refractivity contribution in [1.29, 1.82) is 0 Å². The molecule has 1 heterocycles. The van der Waals surface area contributed by atoms with Crippen LogP contribution in [0.2, 0.25) is 0 Å². The Balaban J connectivity index is 2.27. The third-order valence-electron chi connectivity index (χ3n) is 2.05. The quantitative estimate of drug-likeness (QED) is 0.746. The zero-order chi connectivity index (χ0) is 9.52. The van der Waals surface area contributed by atoms with Gasteiger partial charge in [0.2, 0.25) is 0 Å². The summed E-state index contributed by atoms with van der Waals surface area (Å²) in [5, 5.41) is 0. The van der Waals surface area contributed by atoms with Crippen molar-refractivity contribution >= 4 is 0 Å². The van der Waals surface area contributed by atoms with Crippen LogP contribution < -0.4 is 5.73 Å². The molecule has 3 nitrogen and oxygen atoms in total. The number of nitrogens with two attached hydrogens (primary N) is 1. The van der Waals surface area contributed by atoms with Gasteiger partial charge < -0.3 is 5.73 Å². The fourth-order valence-corrected chi connectivity index (χ4v) is 1.31. The number of aryl methyl sites for hydroxylation is 1. The Hall–Kier alpha value is -0.960. The summed E-state index contributed by atoms with van der Waals surface area (Å²) < 4.78 is 0. The molecule has 0 spiro atoms. The van der Waals surface area contributed by atoms with Crippen LogP contribution in [0.4, 0.5) is 0 Å². The van der Waals surface area contributed by atoms with Crippen molar-refractivity contribution in [3.63, 3.8) is 0 Å². The Kier molecular flexibility index (Phi) is 4.40. The van der Waals surface area contributed by atoms with Gasteiger partial charge in [0.05, 0.1) is 5.69 Å². The summed E-state index contributed by atoms with van der Waals surface area (Å²) in [4.78, 5) is 8.20. The number of nitrogens with zero attached hydrogens (tertiary/aromatic N) is 2. The summed E-state index contributed by atoms with van der Waals surface area (Å²) in [7, 11) is 0. The van der Waals surface area contributed by atoms with Crippen LogP contribution in [0.5, 0.6) is 0 Å². The van der Waals surface area contributed by atoms with Gasteiger partial charge in [0.25, 0.3) is 0 Å². The second kappa shape index (κ2) is 5.65. The summed E-state index contributed by atoms with van der Waals surface area (Å²) in [5.74, 6) is 0. The Labute approximate surface area is 79.4 Å². The van der Waals surface area contributed by atoms with E-state index in [1.165, 1.54) is 0 Å². The molecule has 1 aromatic rings. The van der Waals surface area contributed by atoms with Crippen LogP contribution in [0.15, 0.2) is 18.6 Å². The molecule has 0 aliphatic carbocycles. The van der Waals surface area contributed by atoms with E-state index < -0.39 is 0 Å². The summed E-state index contributed by atoms with van der Waals surface area (Å²) in [6, 6.07) is 0.312. The molecular formula is C10H17N3. The molecule has 13 heavy (non-hydrogen) atoms. The molecule has 0 radical (unpaired) electrons. The fraction of sp³-hybridized carbons (Fsp3) is 0.600. The molecule has 1 unspecified atom stereocenters. The van der Waals surface area contributed by atoms with Crippen LogP contribution in [0.1, 0.15) is 31.9 Å². The molecule has 2 N–H and O–H groups in total. The maximum atomic E-state index is 5.88. The molecule has 0 saturated heterocycles. The summed E-state index contributed by atoms with van der Waals surface area (Å²) >= 11 is 0. The third-order valence-corrected chi connectivity index (χ3v) is 2.05. The first kappa shape index (κ1) is 10.1. The predicted octanol–water partition coefficient (Wildman–Crippen LogP) is 1.54. The molecule has 1 aromatic heterocycles. The predicted molar refractivity (Wildman–Crippen MR) is 53.2 cm³/mol. The molecule has 1 atom stereocenters. The van der Waals surface area contributed by atoms with Gasteiger partial charge in [0.15, 0.2) is 0 Å². The van der Waals surface area contributed by atoms with E-state index in [0.29, 0.717) is 6.04 Å². The minimum atomic E-state index is 0.312. The second-order valence-electron chi connectivity index (χ2n) is 3.28. The molecule has 0 aliphatic rings. The number of hydrogen-bond acceptors (Lipinski definition) is 3. The molecular weight excluding hydrogens is 162 g/mol. The largest absolute Gasteiger partial charge is 0.328 e. The third kappa shape index (κ3) is 3.99. The van der Waals surface area contributed by atoms with E-state index in [1.54, 1.807) is 18.6 Å². The van der Waals surface area contributed by atoms with E-state index in [-0.39, 0.29) is 0 Å². The average molecular weight is 179 g/mol. The fourth-order valence-electron chi connectivity index (χ4n) is 1.31. The molecule has 0 aliphatic heterocycles. The molecule has 72 valence electrons. The average Bonchev–Trinajstić information content (AvgIpc) is 2.17. The van der Waals surface area contributed by atoms with Crippen molar-refractivity contribution < 1.29 is 0 Å². The first-order chi connectivity index (χ1) is 6.33. The second-order valence-corrected chi connectivity index (χ2v) is 3.28. The van der Waals surface area contributed by atoms with Crippen molar-refractivity contribution in [1.82, 2.24) is 9.97 Å². The van der Waals surface area contributed by atoms with Gasteiger partial charge in [0.1, 0.15) is 0 Å². The van der Waals surface area contributed by atoms with E-state index in [9.17, 15) is 0 Å². The molecule has 0 amide bonds. The minimum Gasteiger partial charge on any atom is -0.328 e. The van der Waals surface area contributed by atoms with Crippen LogP contribution in [0.25, 0.3) is 0 Å². The molecule has 0 bridgehead atoms. The van der Waals surface area contributed by atoms with Crippen LogP contribution in [0, 0.1) is 0 Å². The highest BCUT2D eigenvalue weighted by Crippen LogP contribution is 2.03. The van der Waals surface area contributed by atoms with Crippen LogP contribution >= 0.6 is 0 Å². The van der Waals surface area contributed by atoms with Gasteiger partial charge in [0, 0.05) is 24.6 Å². The summed E-state index contributed by atoms with van der Waals surface area (Å²) in [6.45, 7) is 2.15. The lowest BCUT2D eigenvalue weighted by Gasteiger charge is -2.08. The van der Waals surface area contributed by atoms with Crippen molar-refractivity contribution in [3.8, 4) is 0 Å². The summed E-state index contributed by atoms with van der Waals surface area (Å²) in [6.07, 6.45) is 9.41. The summed E-state index contributed by atoms with van der Waals surface area (Å²) in [5.41, 5.74) is 6.92. The van der Waals surface area contributed by atoms with Crippen molar-refractivity contribution in [2.75, 3.05) is 0 Å². The van der Waals surface area contributed by atoms with Gasteiger partial charge in [-0.3, -0.25) is 9.97 Å². The normalized spacial score (nSPS) is 12.8. The van der Waals surface area contributed by atoms with Crippen molar-refractivity contribution in [2.24, 2.45) is 5.73 Å². The monoisotopic (exact) mass is 179 g/mol. The number of aromatic nitrogens is 2. The van der Waals surface area contributed by atoms with E-state index in [4.69, 9.17) is 5.73 Å². The van der Waals surface area contributed by atoms with E-state index in [0.717, 1.165) is 31.4 Å². The highest BCUT2D eigenvalue weighted by atomic mass is 14.8. The maximum absolute atomic E-state index is 5.88. The van der Waals surface area contributed by atoms with Gasteiger partial charge in [-0.1, -0.05) is 13.3 Å². The Bertz CT molecular complexity index is 223. The molecule has 1 rings (SSSR count). The molecule has 0 saturated carbocycles. The highest BCUT2D eigenvalue weighted by Gasteiger charge is 2.01. The van der Waals surface area contributed by atoms with E-state index >= 15 is 0 Å². The van der Waals surface area contributed by atoms with Crippen LogP contribution in [0.3, 0.4) is 0 Å². The number of hydrogen-bond donors (Lipinski definition) is 1. The smallest absolute Gasteiger partial charge is 0.0587 e. The molecule has 0 fully saturated rings. The maximum Gasteiger partial charge on any atom is 0.0587 e. The first-order valence-electron chi connectivity index (χ1n) is 4.83. The Morgan fingerprint density at radius 3 is 2.85 bits per heavy atom. The van der Waals surface area contributed by atoms with Gasteiger partial charge in [-0.2, -0.15) is 0 Å². The van der Waals surface area contributed by atoms with E-state index in [1.807, 2.05) is 0 Å². The zero-order valence-electron chi connectivity index (χ0n) is 8.11. The molecule has 0 aromatic carbocycles. The highest BCUT2D eigenvalue weighted by molar-refractivity contribution is 4.94. The Morgan fingerprint density at radius 2 is 2.23 bits per heavy atom. The van der Waals surface area contributed by atoms with Crippen LogP contribution in [-0.2, 0) is 6.42 Å². The Morgan fingerprint density at radius 1 is 1.38 bits per heavy atom. The van der Waals surface area contributed by atoms with Crippen molar-refractivity contribution in [3.05, 3.63) is 24.3 Å². The lowest BCUT2D eigenvalue weighted by molar-refractivity contribution is 0.557. The zero-order valence-corrected chi connectivity index (χ0v) is 8.11. The minimum absolute atomic E-state index is 0.312. The van der Waals surface area contributed by atoms with Crippen LogP contribution in [-0.4, -0.2) is 16.0 Å². The lowest BCUT2D eigenvalue weighted by Crippen LogP contribution is -2.20. The molecule has 3 heteroatoms. The topological polar surface area (TPSA) is 51.8 Å². The van der Waals surface area contributed by atoms with Crippen molar-refractivity contribution in [2.45, 2.75) is 38.6 Å². The van der Waals surface area contributed by atoms with Gasteiger partial charge in [-0.05, 0) is 19.3 Å². The lowest BCUT2D eigenvalue weighted by atomic mass is 10.1. The van der Waals surface area contributed by atoms with Gasteiger partial charge in [-0.25, -0.2) is 0 Å². The first-order valence-corrected chi connectivity index (χ1v) is 4.83.